The van der Waals surface area contributed by atoms with Gasteiger partial charge in [0, 0.05) is 0 Å². The van der Waals surface area contributed by atoms with Crippen LogP contribution in [-0.4, -0.2) is 0 Å². The van der Waals surface area contributed by atoms with Gasteiger partial charge in [-0.3, -0.25) is 0 Å². The standard InChI is InChI=1S/C17H18/c1-3-7-14(8-4-1)16-11-12-17(13-16)15-9-5-2-6-10-15/h1-10,16-17H,11-13H2/t16-,17+. The van der Waals surface area contributed by atoms with Crippen LogP contribution in [0, 0.1) is 0 Å². The van der Waals surface area contributed by atoms with Gasteiger partial charge in [0.2, 0.25) is 0 Å². The van der Waals surface area contributed by atoms with Gasteiger partial charge in [0.1, 0.15) is 0 Å². The van der Waals surface area contributed by atoms with E-state index in [1.54, 1.807) is 0 Å². The molecule has 1 aliphatic carbocycles. The molecule has 0 aliphatic heterocycles. The maximum absolute atomic E-state index is 2.28. The van der Waals surface area contributed by atoms with Gasteiger partial charge < -0.3 is 0 Å². The molecule has 0 amide bonds. The Morgan fingerprint density at radius 1 is 0.588 bits per heavy atom. The second kappa shape index (κ2) is 4.75. The number of benzene rings is 2. The summed E-state index contributed by atoms with van der Waals surface area (Å²) < 4.78 is 0. The monoisotopic (exact) mass is 222 g/mol. The van der Waals surface area contributed by atoms with Crippen molar-refractivity contribution in [3.63, 3.8) is 0 Å². The fourth-order valence-electron chi connectivity index (χ4n) is 3.04. The van der Waals surface area contributed by atoms with E-state index in [-0.39, 0.29) is 0 Å². The van der Waals surface area contributed by atoms with Crippen molar-refractivity contribution >= 4 is 0 Å². The second-order valence-electron chi connectivity index (χ2n) is 5.03. The molecular formula is C17H18. The van der Waals surface area contributed by atoms with Gasteiger partial charge in [0.05, 0.1) is 0 Å². The van der Waals surface area contributed by atoms with E-state index in [1.165, 1.54) is 30.4 Å². The molecule has 0 saturated heterocycles. The van der Waals surface area contributed by atoms with Gasteiger partial charge in [-0.2, -0.15) is 0 Å². The molecule has 0 radical (unpaired) electrons. The first-order valence-electron chi connectivity index (χ1n) is 6.53. The molecule has 1 aliphatic rings. The third kappa shape index (κ3) is 2.26. The Morgan fingerprint density at radius 3 is 1.41 bits per heavy atom. The summed E-state index contributed by atoms with van der Waals surface area (Å²) in [4.78, 5) is 0. The maximum Gasteiger partial charge on any atom is -0.0156 e. The van der Waals surface area contributed by atoms with E-state index in [4.69, 9.17) is 0 Å². The Kier molecular flexibility index (Phi) is 2.96. The van der Waals surface area contributed by atoms with Crippen molar-refractivity contribution in [2.24, 2.45) is 0 Å². The molecule has 0 bridgehead atoms. The second-order valence-corrected chi connectivity index (χ2v) is 5.03. The summed E-state index contributed by atoms with van der Waals surface area (Å²) in [5.41, 5.74) is 3.04. The third-order valence-corrected chi connectivity index (χ3v) is 3.97. The van der Waals surface area contributed by atoms with Gasteiger partial charge >= 0.3 is 0 Å². The zero-order valence-electron chi connectivity index (χ0n) is 10.0. The molecule has 3 rings (SSSR count). The van der Waals surface area contributed by atoms with Crippen molar-refractivity contribution in [1.82, 2.24) is 0 Å². The molecule has 2 aromatic carbocycles. The van der Waals surface area contributed by atoms with E-state index in [2.05, 4.69) is 60.7 Å². The van der Waals surface area contributed by atoms with Crippen LogP contribution in [0.15, 0.2) is 60.7 Å². The average molecular weight is 222 g/mol. The predicted molar refractivity (Wildman–Crippen MR) is 72.2 cm³/mol. The fourth-order valence-corrected chi connectivity index (χ4v) is 3.04. The van der Waals surface area contributed by atoms with Crippen LogP contribution in [-0.2, 0) is 0 Å². The van der Waals surface area contributed by atoms with Crippen molar-refractivity contribution in [3.8, 4) is 0 Å². The Bertz CT molecular complexity index is 412. The zero-order valence-corrected chi connectivity index (χ0v) is 10.0. The molecule has 0 heterocycles. The molecule has 0 spiro atoms. The Labute approximate surface area is 103 Å². The first-order valence-corrected chi connectivity index (χ1v) is 6.53. The van der Waals surface area contributed by atoms with Gasteiger partial charge in [-0.1, -0.05) is 60.7 Å². The third-order valence-electron chi connectivity index (χ3n) is 3.97. The zero-order chi connectivity index (χ0) is 11.5. The Balaban J connectivity index is 1.75. The minimum atomic E-state index is 0.765. The molecular weight excluding hydrogens is 204 g/mol. The van der Waals surface area contributed by atoms with Crippen molar-refractivity contribution in [1.29, 1.82) is 0 Å². The lowest BCUT2D eigenvalue weighted by Crippen LogP contribution is -1.94. The summed E-state index contributed by atoms with van der Waals surface area (Å²) in [7, 11) is 0. The number of hydrogen-bond acceptors (Lipinski definition) is 0. The van der Waals surface area contributed by atoms with Crippen LogP contribution in [0.4, 0.5) is 0 Å². The summed E-state index contributed by atoms with van der Waals surface area (Å²) >= 11 is 0. The van der Waals surface area contributed by atoms with Crippen LogP contribution in [0.2, 0.25) is 0 Å². The Hall–Kier alpha value is -1.56. The topological polar surface area (TPSA) is 0 Å². The number of hydrogen-bond donors (Lipinski definition) is 0. The Morgan fingerprint density at radius 2 is 1.00 bits per heavy atom. The smallest absolute Gasteiger partial charge is 0.0156 e. The van der Waals surface area contributed by atoms with Crippen molar-refractivity contribution < 1.29 is 0 Å². The lowest BCUT2D eigenvalue weighted by molar-refractivity contribution is 0.686. The van der Waals surface area contributed by atoms with E-state index in [0.29, 0.717) is 0 Å². The van der Waals surface area contributed by atoms with E-state index in [1.807, 2.05) is 0 Å². The summed E-state index contributed by atoms with van der Waals surface area (Å²) in [6, 6.07) is 21.9. The van der Waals surface area contributed by atoms with Gasteiger partial charge in [-0.25, -0.2) is 0 Å². The maximum atomic E-state index is 2.28. The highest BCUT2D eigenvalue weighted by atomic mass is 14.3. The number of rotatable bonds is 2. The van der Waals surface area contributed by atoms with Crippen LogP contribution in [0.25, 0.3) is 0 Å². The van der Waals surface area contributed by atoms with Crippen molar-refractivity contribution in [3.05, 3.63) is 71.8 Å². The lowest BCUT2D eigenvalue weighted by Gasteiger charge is -2.12. The molecule has 86 valence electrons. The normalized spacial score (nSPS) is 23.8. The molecule has 2 aromatic rings. The molecule has 0 nitrogen and oxygen atoms in total. The van der Waals surface area contributed by atoms with Crippen molar-refractivity contribution in [2.45, 2.75) is 31.1 Å². The molecule has 0 N–H and O–H groups in total. The largest absolute Gasteiger partial charge is 0.0622 e. The van der Waals surface area contributed by atoms with Crippen LogP contribution in [0.5, 0.6) is 0 Å². The first-order chi connectivity index (χ1) is 8.43. The van der Waals surface area contributed by atoms with Gasteiger partial charge in [0.25, 0.3) is 0 Å². The average Bonchev–Trinajstić information content (AvgIpc) is 2.90. The van der Waals surface area contributed by atoms with E-state index >= 15 is 0 Å². The van der Waals surface area contributed by atoms with Crippen LogP contribution in [0.3, 0.4) is 0 Å². The highest BCUT2D eigenvalue weighted by Gasteiger charge is 2.26. The lowest BCUT2D eigenvalue weighted by atomic mass is 9.93. The van der Waals surface area contributed by atoms with Crippen molar-refractivity contribution in [2.75, 3.05) is 0 Å². The predicted octanol–water partition coefficient (Wildman–Crippen LogP) is 4.74. The van der Waals surface area contributed by atoms with Crippen LogP contribution < -0.4 is 0 Å². The summed E-state index contributed by atoms with van der Waals surface area (Å²) in [6.07, 6.45) is 3.99. The van der Waals surface area contributed by atoms with Gasteiger partial charge in [-0.15, -0.1) is 0 Å². The SMILES string of the molecule is c1ccc([C@@H]2CC[C@H](c3ccccc3)C2)cc1. The minimum absolute atomic E-state index is 0.765. The van der Waals surface area contributed by atoms with E-state index < -0.39 is 0 Å². The quantitative estimate of drug-likeness (QED) is 0.688. The summed E-state index contributed by atoms with van der Waals surface area (Å²) in [6.45, 7) is 0. The molecule has 1 saturated carbocycles. The molecule has 0 aromatic heterocycles. The molecule has 0 unspecified atom stereocenters. The van der Waals surface area contributed by atoms with Crippen LogP contribution >= 0.6 is 0 Å². The first kappa shape index (κ1) is 10.6. The summed E-state index contributed by atoms with van der Waals surface area (Å²) in [5, 5.41) is 0. The van der Waals surface area contributed by atoms with Gasteiger partial charge in [0.15, 0.2) is 0 Å². The molecule has 1 fully saturated rings. The molecule has 2 atom stereocenters. The summed E-state index contributed by atoms with van der Waals surface area (Å²) in [5.74, 6) is 1.53. The highest BCUT2D eigenvalue weighted by Crippen LogP contribution is 2.43. The fraction of sp³-hybridized carbons (Fsp3) is 0.294. The molecule has 0 heteroatoms. The van der Waals surface area contributed by atoms with E-state index in [9.17, 15) is 0 Å². The minimum Gasteiger partial charge on any atom is -0.0622 e. The van der Waals surface area contributed by atoms with Gasteiger partial charge in [-0.05, 0) is 42.2 Å². The highest BCUT2D eigenvalue weighted by molar-refractivity contribution is 5.26. The van der Waals surface area contributed by atoms with E-state index in [0.717, 1.165) is 11.8 Å². The van der Waals surface area contributed by atoms with Crippen LogP contribution in [0.1, 0.15) is 42.2 Å². The molecule has 17 heavy (non-hydrogen) atoms.